The summed E-state index contributed by atoms with van der Waals surface area (Å²) in [7, 11) is 2.18. The molecule has 4 aromatic rings. The van der Waals surface area contributed by atoms with Gasteiger partial charge in [-0.05, 0) is 75.0 Å². The Labute approximate surface area is 275 Å². The first-order valence-electron chi connectivity index (χ1n) is 15.4. The second-order valence-corrected chi connectivity index (χ2v) is 12.0. The van der Waals surface area contributed by atoms with E-state index in [0.717, 1.165) is 79.9 Å². The quantitative estimate of drug-likeness (QED) is 0.157. The van der Waals surface area contributed by atoms with Crippen LogP contribution in [-0.2, 0) is 6.61 Å². The molecule has 0 atom stereocenters. The molecule has 1 aromatic heterocycles. The average molecular weight is 657 g/mol. The third-order valence-electron chi connectivity index (χ3n) is 8.23. The maximum Gasteiger partial charge on any atom is 0.145 e. The SMILES string of the molecule is CN1CCN(CCCOc2cc(OC3CCCC3)c3c(Nc4ccc(OCc5cccc(F)c5)c(Cl)c4)ncnc3c2)CC1.Cl. The summed E-state index contributed by atoms with van der Waals surface area (Å²) in [6, 6.07) is 15.7. The van der Waals surface area contributed by atoms with Gasteiger partial charge in [-0.3, -0.25) is 0 Å². The number of fused-ring (bicyclic) bond motifs is 1. The predicted octanol–water partition coefficient (Wildman–Crippen LogP) is 7.50. The molecule has 2 fully saturated rings. The molecule has 2 aliphatic rings. The molecule has 6 rings (SSSR count). The molecule has 1 N–H and O–H groups in total. The van der Waals surface area contributed by atoms with Crippen LogP contribution in [-0.4, -0.2) is 72.3 Å². The lowest BCUT2D eigenvalue weighted by molar-refractivity contribution is 0.145. The molecule has 0 bridgehead atoms. The maximum atomic E-state index is 13.5. The van der Waals surface area contributed by atoms with Crippen molar-refractivity contribution in [3.8, 4) is 17.2 Å². The van der Waals surface area contributed by atoms with Gasteiger partial charge in [-0.1, -0.05) is 23.7 Å². The number of nitrogens with zero attached hydrogens (tertiary/aromatic N) is 4. The highest BCUT2D eigenvalue weighted by atomic mass is 35.5. The Bertz CT molecular complexity index is 1560. The molecule has 11 heteroatoms. The first-order chi connectivity index (χ1) is 21.5. The topological polar surface area (TPSA) is 72.0 Å². The zero-order valence-electron chi connectivity index (χ0n) is 25.5. The molecule has 0 unspecified atom stereocenters. The Morgan fingerprint density at radius 2 is 1.78 bits per heavy atom. The minimum absolute atomic E-state index is 0. The molecule has 2 heterocycles. The second-order valence-electron chi connectivity index (χ2n) is 11.6. The smallest absolute Gasteiger partial charge is 0.145 e. The van der Waals surface area contributed by atoms with Gasteiger partial charge >= 0.3 is 0 Å². The average Bonchev–Trinajstić information content (AvgIpc) is 3.53. The summed E-state index contributed by atoms with van der Waals surface area (Å²) in [6.45, 7) is 6.31. The Morgan fingerprint density at radius 1 is 0.956 bits per heavy atom. The molecule has 0 radical (unpaired) electrons. The summed E-state index contributed by atoms with van der Waals surface area (Å²) in [5.41, 5.74) is 2.21. The fourth-order valence-corrected chi connectivity index (χ4v) is 5.99. The molecule has 0 amide bonds. The summed E-state index contributed by atoms with van der Waals surface area (Å²) in [4.78, 5) is 14.0. The highest BCUT2D eigenvalue weighted by Crippen LogP contribution is 2.38. The van der Waals surface area contributed by atoms with Crippen LogP contribution < -0.4 is 19.5 Å². The van der Waals surface area contributed by atoms with Crippen LogP contribution in [0.2, 0.25) is 5.02 Å². The van der Waals surface area contributed by atoms with E-state index in [2.05, 4.69) is 32.1 Å². The maximum absolute atomic E-state index is 13.5. The molecular weight excluding hydrogens is 616 g/mol. The Kier molecular flexibility index (Phi) is 11.6. The number of aromatic nitrogens is 2. The van der Waals surface area contributed by atoms with E-state index in [1.54, 1.807) is 24.5 Å². The molecule has 1 saturated carbocycles. The van der Waals surface area contributed by atoms with Crippen molar-refractivity contribution in [1.82, 2.24) is 19.8 Å². The van der Waals surface area contributed by atoms with Crippen molar-refractivity contribution in [3.63, 3.8) is 0 Å². The van der Waals surface area contributed by atoms with Crippen molar-refractivity contribution in [2.45, 2.75) is 44.8 Å². The van der Waals surface area contributed by atoms with E-state index in [1.165, 1.54) is 25.0 Å². The zero-order chi connectivity index (χ0) is 30.3. The lowest BCUT2D eigenvalue weighted by atomic mass is 10.1. The molecule has 8 nitrogen and oxygen atoms in total. The standard InChI is InChI=1S/C34H39ClFN5O3.ClH/c1-40-13-15-41(16-14-40)12-5-17-42-28-20-30-33(32(21-28)44-27-8-2-3-9-27)34(38-23-37-30)39-26-10-11-31(29(35)19-26)43-22-24-6-4-7-25(36)18-24;/h4,6-7,10-11,18-21,23,27H,2-3,5,8-9,12-17,22H2,1H3,(H,37,38,39);1H. The molecule has 240 valence electrons. The van der Waals surface area contributed by atoms with Crippen molar-refractivity contribution in [3.05, 3.63) is 77.3 Å². The van der Waals surface area contributed by atoms with Crippen molar-refractivity contribution < 1.29 is 18.6 Å². The number of hydrogen-bond donors (Lipinski definition) is 1. The van der Waals surface area contributed by atoms with Crippen LogP contribution in [0, 0.1) is 5.82 Å². The lowest BCUT2D eigenvalue weighted by Crippen LogP contribution is -2.44. The molecular formula is C34H40Cl2FN5O3. The summed E-state index contributed by atoms with van der Waals surface area (Å²) in [5.74, 6) is 2.29. The van der Waals surface area contributed by atoms with Crippen LogP contribution in [0.5, 0.6) is 17.2 Å². The minimum Gasteiger partial charge on any atom is -0.493 e. The van der Waals surface area contributed by atoms with Gasteiger partial charge in [0, 0.05) is 50.5 Å². The predicted molar refractivity (Wildman–Crippen MR) is 179 cm³/mol. The van der Waals surface area contributed by atoms with E-state index in [1.807, 2.05) is 24.3 Å². The van der Waals surface area contributed by atoms with Gasteiger partial charge in [-0.15, -0.1) is 12.4 Å². The number of ether oxygens (including phenoxy) is 3. The third kappa shape index (κ3) is 8.88. The van der Waals surface area contributed by atoms with Crippen LogP contribution >= 0.6 is 24.0 Å². The number of hydrogen-bond acceptors (Lipinski definition) is 8. The number of anilines is 2. The van der Waals surface area contributed by atoms with E-state index >= 15 is 0 Å². The Morgan fingerprint density at radius 3 is 2.56 bits per heavy atom. The number of rotatable bonds is 12. The largest absolute Gasteiger partial charge is 0.493 e. The van der Waals surface area contributed by atoms with Crippen molar-refractivity contribution in [2.75, 3.05) is 51.7 Å². The van der Waals surface area contributed by atoms with E-state index in [9.17, 15) is 4.39 Å². The summed E-state index contributed by atoms with van der Waals surface area (Å²) >= 11 is 6.57. The number of halogens is 3. The fourth-order valence-electron chi connectivity index (χ4n) is 5.76. The highest BCUT2D eigenvalue weighted by molar-refractivity contribution is 6.32. The van der Waals surface area contributed by atoms with Crippen LogP contribution in [0.1, 0.15) is 37.7 Å². The molecule has 1 aliphatic heterocycles. The highest BCUT2D eigenvalue weighted by Gasteiger charge is 2.21. The normalized spacial score (nSPS) is 16.0. The molecule has 1 saturated heterocycles. The first kappa shape index (κ1) is 33.0. The van der Waals surface area contributed by atoms with E-state index in [-0.39, 0.29) is 30.9 Å². The number of benzene rings is 3. The van der Waals surface area contributed by atoms with E-state index in [4.69, 9.17) is 25.8 Å². The van der Waals surface area contributed by atoms with Gasteiger partial charge in [-0.2, -0.15) is 0 Å². The monoisotopic (exact) mass is 655 g/mol. The van der Waals surface area contributed by atoms with Gasteiger partial charge < -0.3 is 29.3 Å². The molecule has 3 aromatic carbocycles. The summed E-state index contributed by atoms with van der Waals surface area (Å²) in [5, 5.41) is 4.63. The van der Waals surface area contributed by atoms with Gasteiger partial charge in [0.2, 0.25) is 0 Å². The summed E-state index contributed by atoms with van der Waals surface area (Å²) in [6.07, 6.45) is 7.04. The zero-order valence-corrected chi connectivity index (χ0v) is 27.1. The second kappa shape index (κ2) is 15.8. The Balaban J connectivity index is 0.00000400. The van der Waals surface area contributed by atoms with E-state index in [0.29, 0.717) is 28.9 Å². The third-order valence-corrected chi connectivity index (χ3v) is 8.53. The lowest BCUT2D eigenvalue weighted by Gasteiger charge is -2.32. The van der Waals surface area contributed by atoms with Gasteiger partial charge in [-0.25, -0.2) is 14.4 Å². The fraction of sp³-hybridized carbons (Fsp3) is 0.412. The van der Waals surface area contributed by atoms with E-state index < -0.39 is 0 Å². The van der Waals surface area contributed by atoms with Crippen molar-refractivity contribution >= 4 is 46.4 Å². The van der Waals surface area contributed by atoms with Crippen LogP contribution in [0.4, 0.5) is 15.9 Å². The number of piperazine rings is 1. The Hall–Kier alpha value is -3.37. The van der Waals surface area contributed by atoms with Crippen molar-refractivity contribution in [1.29, 1.82) is 0 Å². The van der Waals surface area contributed by atoms with Gasteiger partial charge in [0.1, 0.15) is 41.8 Å². The minimum atomic E-state index is -0.301. The first-order valence-corrected chi connectivity index (χ1v) is 15.8. The molecule has 1 aliphatic carbocycles. The van der Waals surface area contributed by atoms with Crippen molar-refractivity contribution in [2.24, 2.45) is 0 Å². The van der Waals surface area contributed by atoms with Gasteiger partial charge in [0.25, 0.3) is 0 Å². The van der Waals surface area contributed by atoms with Crippen LogP contribution in [0.3, 0.4) is 0 Å². The van der Waals surface area contributed by atoms with Crippen LogP contribution in [0.15, 0.2) is 60.9 Å². The van der Waals surface area contributed by atoms with Crippen LogP contribution in [0.25, 0.3) is 10.9 Å². The summed E-state index contributed by atoms with van der Waals surface area (Å²) < 4.78 is 32.2. The van der Waals surface area contributed by atoms with Gasteiger partial charge in [0.05, 0.1) is 28.6 Å². The molecule has 45 heavy (non-hydrogen) atoms. The molecule has 0 spiro atoms. The number of likely N-dealkylation sites (N-methyl/N-ethyl adjacent to an activating group) is 1. The van der Waals surface area contributed by atoms with Gasteiger partial charge in [0.15, 0.2) is 0 Å². The number of nitrogens with one attached hydrogen (secondary N) is 1.